The van der Waals surface area contributed by atoms with Crippen molar-refractivity contribution in [1.29, 1.82) is 0 Å². The van der Waals surface area contributed by atoms with Crippen LogP contribution in [0.15, 0.2) is 58.4 Å². The van der Waals surface area contributed by atoms with Crippen LogP contribution in [0.1, 0.15) is 18.1 Å². The van der Waals surface area contributed by atoms with Gasteiger partial charge in [0.25, 0.3) is 0 Å². The van der Waals surface area contributed by atoms with Crippen LogP contribution < -0.4 is 15.4 Å². The Labute approximate surface area is 177 Å². The van der Waals surface area contributed by atoms with E-state index in [4.69, 9.17) is 4.74 Å². The van der Waals surface area contributed by atoms with Crippen LogP contribution >= 0.6 is 0 Å². The second kappa shape index (κ2) is 12.3. The molecule has 0 aliphatic carbocycles. The lowest BCUT2D eigenvalue weighted by molar-refractivity contribution is 0.204. The Balaban J connectivity index is 1.97. The molecule has 30 heavy (non-hydrogen) atoms. The standard InChI is InChI=1S/C21H29FN4O3S/c1-3-23-21(24-12-11-17-7-9-19(22)10-8-17)25-16-18-5-4-6-20(15-18)30(27,28)26-13-14-29-2/h4-10,15,26H,3,11-14,16H2,1-2H3,(H2,23,24,25). The Hall–Kier alpha value is -2.49. The molecule has 0 aliphatic heterocycles. The molecule has 2 aromatic rings. The summed E-state index contributed by atoms with van der Waals surface area (Å²) in [5.41, 5.74) is 1.80. The van der Waals surface area contributed by atoms with E-state index >= 15 is 0 Å². The summed E-state index contributed by atoms with van der Waals surface area (Å²) in [4.78, 5) is 4.72. The topological polar surface area (TPSA) is 91.8 Å². The predicted molar refractivity (Wildman–Crippen MR) is 116 cm³/mol. The average molecular weight is 437 g/mol. The third-order valence-corrected chi connectivity index (χ3v) is 5.65. The normalized spacial score (nSPS) is 12.0. The summed E-state index contributed by atoms with van der Waals surface area (Å²) in [6.07, 6.45) is 0.728. The summed E-state index contributed by atoms with van der Waals surface area (Å²) >= 11 is 0. The van der Waals surface area contributed by atoms with Gasteiger partial charge in [-0.05, 0) is 48.7 Å². The number of ether oxygens (including phenoxy) is 1. The predicted octanol–water partition coefficient (Wildman–Crippen LogP) is 2.05. The van der Waals surface area contributed by atoms with E-state index in [9.17, 15) is 12.8 Å². The minimum Gasteiger partial charge on any atom is -0.383 e. The van der Waals surface area contributed by atoms with Crippen molar-refractivity contribution in [3.63, 3.8) is 0 Å². The van der Waals surface area contributed by atoms with E-state index in [1.54, 1.807) is 30.3 Å². The number of hydrogen-bond donors (Lipinski definition) is 3. The zero-order valence-corrected chi connectivity index (χ0v) is 18.1. The number of sulfonamides is 1. The van der Waals surface area contributed by atoms with Crippen molar-refractivity contribution in [2.24, 2.45) is 4.99 Å². The van der Waals surface area contributed by atoms with E-state index in [0.29, 0.717) is 32.2 Å². The molecule has 7 nitrogen and oxygen atoms in total. The third-order valence-electron chi connectivity index (χ3n) is 4.19. The number of rotatable bonds is 11. The maximum absolute atomic E-state index is 13.0. The zero-order chi connectivity index (χ0) is 21.8. The molecule has 0 spiro atoms. The van der Waals surface area contributed by atoms with Crippen molar-refractivity contribution in [2.45, 2.75) is 24.8 Å². The molecule has 0 heterocycles. The summed E-state index contributed by atoms with van der Waals surface area (Å²) in [5, 5.41) is 6.40. The van der Waals surface area contributed by atoms with E-state index in [1.807, 2.05) is 13.0 Å². The molecule has 0 fully saturated rings. The van der Waals surface area contributed by atoms with Crippen LogP contribution in [-0.4, -0.2) is 47.7 Å². The minimum absolute atomic E-state index is 0.195. The van der Waals surface area contributed by atoms with Crippen LogP contribution in [0.5, 0.6) is 0 Å². The molecule has 0 aliphatic rings. The highest BCUT2D eigenvalue weighted by molar-refractivity contribution is 7.89. The van der Waals surface area contributed by atoms with E-state index in [-0.39, 0.29) is 17.3 Å². The van der Waals surface area contributed by atoms with Crippen molar-refractivity contribution in [3.05, 3.63) is 65.5 Å². The van der Waals surface area contributed by atoms with Gasteiger partial charge in [-0.3, -0.25) is 0 Å². The molecule has 0 unspecified atom stereocenters. The summed E-state index contributed by atoms with van der Waals surface area (Å²) < 4.78 is 45.1. The lowest BCUT2D eigenvalue weighted by Crippen LogP contribution is -2.38. The molecule has 164 valence electrons. The number of halogens is 1. The van der Waals surface area contributed by atoms with Gasteiger partial charge in [-0.15, -0.1) is 0 Å². The van der Waals surface area contributed by atoms with Gasteiger partial charge in [0.1, 0.15) is 5.82 Å². The van der Waals surface area contributed by atoms with Crippen LogP contribution in [0.2, 0.25) is 0 Å². The van der Waals surface area contributed by atoms with Gasteiger partial charge < -0.3 is 15.4 Å². The lowest BCUT2D eigenvalue weighted by atomic mass is 10.1. The second-order valence-corrected chi connectivity index (χ2v) is 8.30. The maximum Gasteiger partial charge on any atom is 0.240 e. The third kappa shape index (κ3) is 8.10. The Kier molecular flexibility index (Phi) is 9.72. The summed E-state index contributed by atoms with van der Waals surface area (Å²) in [6.45, 7) is 4.14. The Morgan fingerprint density at radius 3 is 2.53 bits per heavy atom. The molecule has 0 atom stereocenters. The average Bonchev–Trinajstić information content (AvgIpc) is 2.74. The number of hydrogen-bond acceptors (Lipinski definition) is 4. The molecular weight excluding hydrogens is 407 g/mol. The maximum atomic E-state index is 13.0. The van der Waals surface area contributed by atoms with Gasteiger partial charge in [-0.25, -0.2) is 22.5 Å². The van der Waals surface area contributed by atoms with Crippen LogP contribution in [0.25, 0.3) is 0 Å². The number of aliphatic imine (C=N–C) groups is 1. The van der Waals surface area contributed by atoms with Crippen molar-refractivity contribution in [1.82, 2.24) is 15.4 Å². The molecular formula is C21H29FN4O3S. The Morgan fingerprint density at radius 2 is 1.83 bits per heavy atom. The Morgan fingerprint density at radius 1 is 1.07 bits per heavy atom. The van der Waals surface area contributed by atoms with Gasteiger partial charge in [0.05, 0.1) is 18.0 Å². The van der Waals surface area contributed by atoms with E-state index < -0.39 is 10.0 Å². The van der Waals surface area contributed by atoms with E-state index in [1.165, 1.54) is 19.2 Å². The molecule has 0 radical (unpaired) electrons. The highest BCUT2D eigenvalue weighted by Gasteiger charge is 2.13. The Bertz CT molecular complexity index is 918. The van der Waals surface area contributed by atoms with Crippen LogP contribution in [0.4, 0.5) is 4.39 Å². The second-order valence-electron chi connectivity index (χ2n) is 6.54. The van der Waals surface area contributed by atoms with Gasteiger partial charge in [-0.2, -0.15) is 0 Å². The zero-order valence-electron chi connectivity index (χ0n) is 17.3. The van der Waals surface area contributed by atoms with Gasteiger partial charge in [0.2, 0.25) is 10.0 Å². The summed E-state index contributed by atoms with van der Waals surface area (Å²) in [7, 11) is -2.07. The fourth-order valence-electron chi connectivity index (χ4n) is 2.66. The highest BCUT2D eigenvalue weighted by Crippen LogP contribution is 2.12. The lowest BCUT2D eigenvalue weighted by Gasteiger charge is -2.12. The van der Waals surface area contributed by atoms with Gasteiger partial charge in [0, 0.05) is 26.7 Å². The first-order chi connectivity index (χ1) is 14.4. The number of nitrogens with one attached hydrogen (secondary N) is 3. The minimum atomic E-state index is -3.59. The van der Waals surface area contributed by atoms with Gasteiger partial charge in [0.15, 0.2) is 5.96 Å². The molecule has 2 aromatic carbocycles. The molecule has 0 aromatic heterocycles. The van der Waals surface area contributed by atoms with E-state index in [0.717, 1.165) is 17.5 Å². The first-order valence-corrected chi connectivity index (χ1v) is 11.3. The number of methoxy groups -OCH3 is 1. The first kappa shape index (κ1) is 23.8. The molecule has 0 amide bonds. The quantitative estimate of drug-likeness (QED) is 0.285. The smallest absolute Gasteiger partial charge is 0.240 e. The SMILES string of the molecule is CCNC(=NCc1cccc(S(=O)(=O)NCCOC)c1)NCCc1ccc(F)cc1. The molecule has 3 N–H and O–H groups in total. The van der Waals surface area contributed by atoms with Crippen LogP contribution in [-0.2, 0) is 27.7 Å². The van der Waals surface area contributed by atoms with Gasteiger partial charge in [-0.1, -0.05) is 24.3 Å². The van der Waals surface area contributed by atoms with Crippen LogP contribution in [0, 0.1) is 5.82 Å². The van der Waals surface area contributed by atoms with Crippen molar-refractivity contribution in [2.75, 3.05) is 33.4 Å². The molecule has 0 saturated heterocycles. The number of benzene rings is 2. The number of nitrogens with zero attached hydrogens (tertiary/aromatic N) is 1. The fraction of sp³-hybridized carbons (Fsp3) is 0.381. The first-order valence-electron chi connectivity index (χ1n) is 9.78. The largest absolute Gasteiger partial charge is 0.383 e. The van der Waals surface area contributed by atoms with Crippen molar-refractivity contribution < 1.29 is 17.5 Å². The van der Waals surface area contributed by atoms with E-state index in [2.05, 4.69) is 20.3 Å². The fourth-order valence-corrected chi connectivity index (χ4v) is 3.74. The summed E-state index contributed by atoms with van der Waals surface area (Å²) in [5.74, 6) is 0.380. The molecule has 9 heteroatoms. The molecule has 0 bridgehead atoms. The van der Waals surface area contributed by atoms with Crippen molar-refractivity contribution in [3.8, 4) is 0 Å². The summed E-state index contributed by atoms with van der Waals surface area (Å²) in [6, 6.07) is 13.1. The molecule has 0 saturated carbocycles. The number of guanidine groups is 1. The van der Waals surface area contributed by atoms with Gasteiger partial charge >= 0.3 is 0 Å². The monoisotopic (exact) mass is 436 g/mol. The highest BCUT2D eigenvalue weighted by atomic mass is 32.2. The van der Waals surface area contributed by atoms with Crippen molar-refractivity contribution >= 4 is 16.0 Å². The van der Waals surface area contributed by atoms with Crippen LogP contribution in [0.3, 0.4) is 0 Å². The molecule has 2 rings (SSSR count).